The number of rotatable bonds is 5. The van der Waals surface area contributed by atoms with Gasteiger partial charge in [-0.3, -0.25) is 0 Å². The molecule has 0 saturated heterocycles. The second-order valence-electron chi connectivity index (χ2n) is 6.41. The molecule has 0 amide bonds. The number of ether oxygens (including phenoxy) is 1. The van der Waals surface area contributed by atoms with Crippen LogP contribution in [-0.2, 0) is 14.8 Å². The Kier molecular flexibility index (Phi) is 5.63. The predicted molar refractivity (Wildman–Crippen MR) is 109 cm³/mol. The number of halogens is 1. The van der Waals surface area contributed by atoms with E-state index in [0.29, 0.717) is 16.3 Å². The molecule has 0 unspecified atom stereocenters. The van der Waals surface area contributed by atoms with Crippen LogP contribution in [-0.4, -0.2) is 25.0 Å². The van der Waals surface area contributed by atoms with Crippen molar-refractivity contribution in [2.24, 2.45) is 0 Å². The van der Waals surface area contributed by atoms with Crippen LogP contribution in [0.25, 0.3) is 11.3 Å². The fraction of sp³-hybridized carbons (Fsp3) is 0.190. The Hall–Kier alpha value is -2.57. The Morgan fingerprint density at radius 3 is 2.36 bits per heavy atom. The molecule has 28 heavy (non-hydrogen) atoms. The fourth-order valence-electron chi connectivity index (χ4n) is 2.81. The molecule has 0 aliphatic carbocycles. The maximum absolute atomic E-state index is 13.3. The van der Waals surface area contributed by atoms with Crippen molar-refractivity contribution >= 4 is 27.6 Å². The third-order valence-corrected chi connectivity index (χ3v) is 6.44. The summed E-state index contributed by atoms with van der Waals surface area (Å²) in [5.41, 5.74) is 2.92. The number of aromatic nitrogens is 1. The second-order valence-corrected chi connectivity index (χ2v) is 8.63. The van der Waals surface area contributed by atoms with E-state index in [4.69, 9.17) is 16.3 Å². The lowest BCUT2D eigenvalue weighted by molar-refractivity contribution is 0.0526. The molecule has 1 heterocycles. The highest BCUT2D eigenvalue weighted by Gasteiger charge is 2.24. The summed E-state index contributed by atoms with van der Waals surface area (Å²) in [4.78, 5) is 12.4. The molecule has 0 saturated carbocycles. The summed E-state index contributed by atoms with van der Waals surface area (Å²) in [7, 11) is -3.91. The van der Waals surface area contributed by atoms with Gasteiger partial charge in [-0.2, -0.15) is 0 Å². The van der Waals surface area contributed by atoms with E-state index in [9.17, 15) is 13.2 Å². The van der Waals surface area contributed by atoms with Crippen molar-refractivity contribution in [3.63, 3.8) is 0 Å². The highest BCUT2D eigenvalue weighted by atomic mass is 35.5. The molecule has 146 valence electrons. The van der Waals surface area contributed by atoms with Gasteiger partial charge in [0.1, 0.15) is 0 Å². The van der Waals surface area contributed by atoms with Crippen molar-refractivity contribution in [3.8, 4) is 11.3 Å². The van der Waals surface area contributed by atoms with Crippen molar-refractivity contribution in [3.05, 3.63) is 76.4 Å². The molecule has 0 fully saturated rings. The lowest BCUT2D eigenvalue weighted by Crippen LogP contribution is -2.13. The summed E-state index contributed by atoms with van der Waals surface area (Å²) in [6.45, 7) is 5.61. The van der Waals surface area contributed by atoms with Gasteiger partial charge in [0, 0.05) is 11.2 Å². The van der Waals surface area contributed by atoms with Gasteiger partial charge in [0.05, 0.1) is 22.8 Å². The zero-order chi connectivity index (χ0) is 20.5. The van der Waals surface area contributed by atoms with Crippen molar-refractivity contribution < 1.29 is 17.9 Å². The molecule has 1 aromatic heterocycles. The first-order valence-corrected chi connectivity index (χ1v) is 10.5. The van der Waals surface area contributed by atoms with Crippen molar-refractivity contribution in [2.75, 3.05) is 6.61 Å². The van der Waals surface area contributed by atoms with E-state index in [0.717, 1.165) is 15.1 Å². The van der Waals surface area contributed by atoms with Crippen molar-refractivity contribution in [1.82, 2.24) is 3.97 Å². The van der Waals surface area contributed by atoms with Crippen LogP contribution in [0.1, 0.15) is 28.4 Å². The summed E-state index contributed by atoms with van der Waals surface area (Å²) in [6.07, 6.45) is 1.30. The molecule has 0 aliphatic rings. The number of benzene rings is 2. The van der Waals surface area contributed by atoms with E-state index in [1.807, 2.05) is 13.8 Å². The third kappa shape index (κ3) is 3.84. The zero-order valence-electron chi connectivity index (χ0n) is 15.8. The first kappa shape index (κ1) is 20.2. The van der Waals surface area contributed by atoms with E-state index in [1.54, 1.807) is 49.4 Å². The molecule has 0 N–H and O–H groups in total. The van der Waals surface area contributed by atoms with Gasteiger partial charge in [-0.05, 0) is 62.2 Å². The van der Waals surface area contributed by atoms with Crippen molar-refractivity contribution in [2.45, 2.75) is 25.7 Å². The van der Waals surface area contributed by atoms with Crippen LogP contribution in [0.15, 0.2) is 59.6 Å². The topological polar surface area (TPSA) is 65.4 Å². The minimum atomic E-state index is -3.91. The summed E-state index contributed by atoms with van der Waals surface area (Å²) in [6, 6.07) is 13.3. The monoisotopic (exact) mass is 417 g/mol. The molecule has 2 aromatic carbocycles. The molecule has 3 rings (SSSR count). The molecular formula is C21H20ClNO4S. The number of hydrogen-bond donors (Lipinski definition) is 0. The van der Waals surface area contributed by atoms with Gasteiger partial charge in [-0.25, -0.2) is 17.2 Å². The van der Waals surface area contributed by atoms with Crippen LogP contribution in [0, 0.1) is 13.8 Å². The van der Waals surface area contributed by atoms with Crippen LogP contribution in [0.3, 0.4) is 0 Å². The summed E-state index contributed by atoms with van der Waals surface area (Å²) in [5.74, 6) is -0.577. The summed E-state index contributed by atoms with van der Waals surface area (Å²) >= 11 is 6.11. The van der Waals surface area contributed by atoms with Gasteiger partial charge in [0.25, 0.3) is 10.0 Å². The molecule has 0 atom stereocenters. The maximum atomic E-state index is 13.3. The molecule has 0 aliphatic heterocycles. The number of esters is 1. The van der Waals surface area contributed by atoms with Gasteiger partial charge in [-0.1, -0.05) is 35.4 Å². The largest absolute Gasteiger partial charge is 0.462 e. The highest BCUT2D eigenvalue weighted by molar-refractivity contribution is 7.90. The van der Waals surface area contributed by atoms with Crippen LogP contribution in [0.5, 0.6) is 0 Å². The Morgan fingerprint density at radius 2 is 1.75 bits per heavy atom. The zero-order valence-corrected chi connectivity index (χ0v) is 17.3. The number of aryl methyl sites for hydroxylation is 2. The minimum absolute atomic E-state index is 0.135. The molecule has 7 heteroatoms. The third-order valence-electron chi connectivity index (χ3n) is 4.33. The Labute approximate surface area is 169 Å². The minimum Gasteiger partial charge on any atom is -0.462 e. The van der Waals surface area contributed by atoms with Crippen LogP contribution >= 0.6 is 11.6 Å². The molecule has 0 radical (unpaired) electrons. The number of nitrogens with zero attached hydrogens (tertiary/aromatic N) is 1. The van der Waals surface area contributed by atoms with Gasteiger partial charge >= 0.3 is 5.97 Å². The number of carbonyl (C=O) groups excluding carboxylic acids is 1. The second kappa shape index (κ2) is 7.81. The first-order chi connectivity index (χ1) is 13.2. The molecule has 0 spiro atoms. The van der Waals surface area contributed by atoms with E-state index in [2.05, 4.69) is 0 Å². The predicted octanol–water partition coefficient (Wildman–Crippen LogP) is 4.84. The summed E-state index contributed by atoms with van der Waals surface area (Å²) in [5, 5.41) is 0.578. The van der Waals surface area contributed by atoms with Gasteiger partial charge in [-0.15, -0.1) is 0 Å². The Balaban J connectivity index is 2.22. The van der Waals surface area contributed by atoms with E-state index >= 15 is 0 Å². The van der Waals surface area contributed by atoms with E-state index in [-0.39, 0.29) is 17.1 Å². The van der Waals surface area contributed by atoms with Gasteiger partial charge < -0.3 is 4.74 Å². The number of carbonyl (C=O) groups is 1. The quantitative estimate of drug-likeness (QED) is 0.557. The lowest BCUT2D eigenvalue weighted by atomic mass is 10.1. The maximum Gasteiger partial charge on any atom is 0.339 e. The van der Waals surface area contributed by atoms with Crippen LogP contribution in [0.2, 0.25) is 5.02 Å². The average Bonchev–Trinajstić information content (AvgIpc) is 3.11. The molecule has 5 nitrogen and oxygen atoms in total. The van der Waals surface area contributed by atoms with Gasteiger partial charge in [0.15, 0.2) is 0 Å². The van der Waals surface area contributed by atoms with E-state index in [1.165, 1.54) is 12.3 Å². The normalized spacial score (nSPS) is 11.4. The highest BCUT2D eigenvalue weighted by Crippen LogP contribution is 2.30. The average molecular weight is 418 g/mol. The standard InChI is InChI=1S/C21H20ClNO4S/c1-4-27-21(24)17-12-20(16-7-10-19(22)15(3)11-16)23(13-17)28(25,26)18-8-5-14(2)6-9-18/h5-13H,4H2,1-3H3. The van der Waals surface area contributed by atoms with Crippen LogP contribution in [0.4, 0.5) is 0 Å². The summed E-state index contributed by atoms with van der Waals surface area (Å²) < 4.78 is 32.7. The first-order valence-electron chi connectivity index (χ1n) is 8.72. The Morgan fingerprint density at radius 1 is 1.07 bits per heavy atom. The molecular weight excluding hydrogens is 398 g/mol. The fourth-order valence-corrected chi connectivity index (χ4v) is 4.30. The Bertz CT molecular complexity index is 1130. The number of hydrogen-bond acceptors (Lipinski definition) is 4. The van der Waals surface area contributed by atoms with Crippen LogP contribution < -0.4 is 0 Å². The van der Waals surface area contributed by atoms with Crippen molar-refractivity contribution in [1.29, 1.82) is 0 Å². The van der Waals surface area contributed by atoms with E-state index < -0.39 is 16.0 Å². The lowest BCUT2D eigenvalue weighted by Gasteiger charge is -2.12. The smallest absolute Gasteiger partial charge is 0.339 e. The molecule has 0 bridgehead atoms. The molecule has 3 aromatic rings. The SMILES string of the molecule is CCOC(=O)c1cc(-c2ccc(Cl)c(C)c2)n(S(=O)(=O)c2ccc(C)cc2)c1. The van der Waals surface area contributed by atoms with Gasteiger partial charge in [0.2, 0.25) is 0 Å².